The van der Waals surface area contributed by atoms with Crippen molar-refractivity contribution < 1.29 is 13.2 Å². The third kappa shape index (κ3) is 3.99. The summed E-state index contributed by atoms with van der Waals surface area (Å²) in [5.74, 6) is -0.373. The molecule has 1 aromatic heterocycles. The summed E-state index contributed by atoms with van der Waals surface area (Å²) in [6.07, 6.45) is 1.81. The van der Waals surface area contributed by atoms with Gasteiger partial charge >= 0.3 is 0 Å². The molecule has 0 unspecified atom stereocenters. The minimum absolute atomic E-state index is 0.0465. The van der Waals surface area contributed by atoms with Crippen LogP contribution in [0.15, 0.2) is 63.5 Å². The zero-order chi connectivity index (χ0) is 19.6. The van der Waals surface area contributed by atoms with Gasteiger partial charge in [0.2, 0.25) is 10.0 Å². The van der Waals surface area contributed by atoms with Crippen LogP contribution in [-0.4, -0.2) is 54.6 Å². The quantitative estimate of drug-likeness (QED) is 0.755. The third-order valence-electron chi connectivity index (χ3n) is 4.24. The fourth-order valence-electron chi connectivity index (χ4n) is 2.69. The van der Waals surface area contributed by atoms with E-state index in [0.29, 0.717) is 13.0 Å². The number of amides is 1. The predicted octanol–water partition coefficient (Wildman–Crippen LogP) is 0.735. The fraction of sp³-hybridized carbons (Fsp3) is 0.278. The molecule has 0 radical (unpaired) electrons. The van der Waals surface area contributed by atoms with Crippen LogP contribution in [0, 0.1) is 0 Å². The fourth-order valence-corrected chi connectivity index (χ4v) is 3.62. The maximum atomic E-state index is 12.5. The number of sulfonamides is 1. The van der Waals surface area contributed by atoms with Crippen molar-refractivity contribution in [3.8, 4) is 0 Å². The first-order valence-corrected chi connectivity index (χ1v) is 9.79. The summed E-state index contributed by atoms with van der Waals surface area (Å²) in [4.78, 5) is 24.5. The van der Waals surface area contributed by atoms with Gasteiger partial charge in [0.25, 0.3) is 11.5 Å². The van der Waals surface area contributed by atoms with Crippen LogP contribution < -0.4 is 5.56 Å². The number of carbonyl (C=O) groups excluding carboxylic acids is 1. The number of rotatable bonds is 5. The normalized spacial score (nSPS) is 14.5. The number of pyridine rings is 1. The molecule has 3 rings (SSSR count). The molecule has 0 saturated heterocycles. The summed E-state index contributed by atoms with van der Waals surface area (Å²) in [6, 6.07) is 11.9. The Morgan fingerprint density at radius 3 is 2.52 bits per heavy atom. The van der Waals surface area contributed by atoms with Gasteiger partial charge in [0.05, 0.1) is 17.2 Å². The lowest BCUT2D eigenvalue weighted by Gasteiger charge is -2.15. The molecule has 0 aliphatic carbocycles. The van der Waals surface area contributed by atoms with E-state index in [9.17, 15) is 18.0 Å². The molecule has 0 bridgehead atoms. The van der Waals surface area contributed by atoms with Gasteiger partial charge in [-0.2, -0.15) is 5.10 Å². The van der Waals surface area contributed by atoms with E-state index in [2.05, 4.69) is 5.10 Å². The van der Waals surface area contributed by atoms with Gasteiger partial charge in [0.15, 0.2) is 0 Å². The highest BCUT2D eigenvalue weighted by atomic mass is 32.2. The Balaban J connectivity index is 1.81. The lowest BCUT2D eigenvalue weighted by molar-refractivity contribution is -0.131. The van der Waals surface area contributed by atoms with E-state index in [4.69, 9.17) is 0 Å². The van der Waals surface area contributed by atoms with Crippen molar-refractivity contribution in [2.24, 2.45) is 5.10 Å². The van der Waals surface area contributed by atoms with Crippen molar-refractivity contribution in [1.82, 2.24) is 13.9 Å². The van der Waals surface area contributed by atoms with Crippen molar-refractivity contribution in [3.05, 3.63) is 64.6 Å². The number of nitrogens with zero attached hydrogens (tertiary/aromatic N) is 4. The zero-order valence-corrected chi connectivity index (χ0v) is 15.9. The average molecular weight is 388 g/mol. The Kier molecular flexibility index (Phi) is 5.24. The Morgan fingerprint density at radius 2 is 1.85 bits per heavy atom. The number of hydrazone groups is 1. The molecule has 27 heavy (non-hydrogen) atoms. The highest BCUT2D eigenvalue weighted by Crippen LogP contribution is 2.15. The Morgan fingerprint density at radius 1 is 1.15 bits per heavy atom. The van der Waals surface area contributed by atoms with Crippen molar-refractivity contribution in [1.29, 1.82) is 0 Å². The molecule has 0 N–H and O–H groups in total. The molecule has 1 aliphatic heterocycles. The second-order valence-electron chi connectivity index (χ2n) is 6.30. The van der Waals surface area contributed by atoms with Gasteiger partial charge in [0, 0.05) is 32.8 Å². The number of hydrogen-bond donors (Lipinski definition) is 0. The van der Waals surface area contributed by atoms with Crippen LogP contribution in [0.1, 0.15) is 12.0 Å². The van der Waals surface area contributed by atoms with Crippen LogP contribution in [-0.2, 0) is 21.4 Å². The minimum Gasteiger partial charge on any atom is -0.305 e. The van der Waals surface area contributed by atoms with Gasteiger partial charge < -0.3 is 4.57 Å². The van der Waals surface area contributed by atoms with Crippen LogP contribution in [0.25, 0.3) is 0 Å². The molecule has 8 nitrogen and oxygen atoms in total. The number of benzene rings is 1. The van der Waals surface area contributed by atoms with Gasteiger partial charge in [-0.1, -0.05) is 30.3 Å². The number of carbonyl (C=O) groups is 1. The third-order valence-corrected chi connectivity index (χ3v) is 6.04. The van der Waals surface area contributed by atoms with E-state index in [-0.39, 0.29) is 17.3 Å². The first kappa shape index (κ1) is 19.0. The van der Waals surface area contributed by atoms with Crippen LogP contribution in [0.2, 0.25) is 0 Å². The maximum Gasteiger partial charge on any atom is 0.262 e. The topological polar surface area (TPSA) is 92.0 Å². The minimum atomic E-state index is -3.69. The molecule has 2 aromatic rings. The highest BCUT2D eigenvalue weighted by Gasteiger charge is 2.23. The van der Waals surface area contributed by atoms with Gasteiger partial charge in [0.1, 0.15) is 6.54 Å². The standard InChI is InChI=1S/C18H20N4O4S/c1-20(2)27(25,26)15-8-9-17(23)21(12-15)13-18(24)22-11-10-16(19-22)14-6-4-3-5-7-14/h3-9,12H,10-11,13H2,1-2H3. The Bertz CT molecular complexity index is 1040. The number of aromatic nitrogens is 1. The van der Waals surface area contributed by atoms with Crippen LogP contribution in [0.3, 0.4) is 0 Å². The van der Waals surface area contributed by atoms with Crippen molar-refractivity contribution >= 4 is 21.6 Å². The van der Waals surface area contributed by atoms with Gasteiger partial charge in [-0.3, -0.25) is 9.59 Å². The summed E-state index contributed by atoms with van der Waals surface area (Å²) in [7, 11) is -0.889. The monoisotopic (exact) mass is 388 g/mol. The van der Waals surface area contributed by atoms with E-state index in [1.807, 2.05) is 30.3 Å². The van der Waals surface area contributed by atoms with E-state index < -0.39 is 15.6 Å². The van der Waals surface area contributed by atoms with E-state index in [1.54, 1.807) is 0 Å². The second-order valence-corrected chi connectivity index (χ2v) is 8.45. The lowest BCUT2D eigenvalue weighted by Crippen LogP contribution is -2.32. The molecule has 142 valence electrons. The van der Waals surface area contributed by atoms with Crippen LogP contribution >= 0.6 is 0 Å². The highest BCUT2D eigenvalue weighted by molar-refractivity contribution is 7.89. The Hall–Kier alpha value is -2.78. The van der Waals surface area contributed by atoms with Gasteiger partial charge in [-0.25, -0.2) is 17.7 Å². The summed E-state index contributed by atoms with van der Waals surface area (Å²) < 4.78 is 26.6. The molecular weight excluding hydrogens is 368 g/mol. The van der Waals surface area contributed by atoms with Crippen LogP contribution in [0.5, 0.6) is 0 Å². The molecule has 2 heterocycles. The molecule has 1 amide bonds. The first-order chi connectivity index (χ1) is 12.8. The SMILES string of the molecule is CN(C)S(=O)(=O)c1ccc(=O)n(CC(=O)N2CCC(c3ccccc3)=N2)c1. The molecule has 0 atom stereocenters. The summed E-state index contributed by atoms with van der Waals surface area (Å²) in [5, 5.41) is 5.66. The van der Waals surface area contributed by atoms with Crippen molar-refractivity contribution in [2.45, 2.75) is 17.9 Å². The second kappa shape index (κ2) is 7.45. The number of hydrogen-bond acceptors (Lipinski definition) is 5. The molecule has 1 aromatic carbocycles. The van der Waals surface area contributed by atoms with Crippen molar-refractivity contribution in [3.63, 3.8) is 0 Å². The van der Waals surface area contributed by atoms with E-state index in [0.717, 1.165) is 26.2 Å². The molecule has 0 saturated carbocycles. The first-order valence-electron chi connectivity index (χ1n) is 8.35. The molecule has 9 heteroatoms. The maximum absolute atomic E-state index is 12.5. The lowest BCUT2D eigenvalue weighted by atomic mass is 10.1. The zero-order valence-electron chi connectivity index (χ0n) is 15.1. The average Bonchev–Trinajstić information content (AvgIpc) is 3.14. The summed E-state index contributed by atoms with van der Waals surface area (Å²) in [6.45, 7) is 0.148. The molecular formula is C18H20N4O4S. The van der Waals surface area contributed by atoms with E-state index >= 15 is 0 Å². The predicted molar refractivity (Wildman–Crippen MR) is 101 cm³/mol. The Labute approximate surface area is 157 Å². The largest absolute Gasteiger partial charge is 0.305 e. The van der Waals surface area contributed by atoms with Crippen LogP contribution in [0.4, 0.5) is 0 Å². The smallest absolute Gasteiger partial charge is 0.262 e. The molecule has 0 fully saturated rings. The molecule has 1 aliphatic rings. The van der Waals surface area contributed by atoms with Gasteiger partial charge in [-0.05, 0) is 11.6 Å². The molecule has 0 spiro atoms. The summed E-state index contributed by atoms with van der Waals surface area (Å²) >= 11 is 0. The summed E-state index contributed by atoms with van der Waals surface area (Å²) in [5.41, 5.74) is 1.30. The van der Waals surface area contributed by atoms with Crippen molar-refractivity contribution in [2.75, 3.05) is 20.6 Å². The van der Waals surface area contributed by atoms with E-state index in [1.165, 1.54) is 31.4 Å². The van der Waals surface area contributed by atoms with Gasteiger partial charge in [-0.15, -0.1) is 0 Å².